The Kier molecular flexibility index (Phi) is 2.88. The predicted octanol–water partition coefficient (Wildman–Crippen LogP) is 3.09. The van der Waals surface area contributed by atoms with Crippen molar-refractivity contribution in [3.8, 4) is 5.75 Å². The molecule has 0 saturated carbocycles. The molecule has 3 rings (SSSR count). The number of halogens is 1. The summed E-state index contributed by atoms with van der Waals surface area (Å²) < 4.78 is 6.67. The molecule has 4 heteroatoms. The van der Waals surface area contributed by atoms with Crippen molar-refractivity contribution in [3.05, 3.63) is 58.3 Å². The van der Waals surface area contributed by atoms with Gasteiger partial charge in [-0.25, -0.2) is 0 Å². The first-order valence-electron chi connectivity index (χ1n) is 5.63. The van der Waals surface area contributed by atoms with E-state index in [-0.39, 0.29) is 5.78 Å². The van der Waals surface area contributed by atoms with Crippen molar-refractivity contribution in [1.29, 1.82) is 0 Å². The van der Waals surface area contributed by atoms with Gasteiger partial charge in [-0.05, 0) is 34.1 Å². The topological polar surface area (TPSA) is 39.2 Å². The summed E-state index contributed by atoms with van der Waals surface area (Å²) in [4.78, 5) is 16.3. The maximum Gasteiger partial charge on any atom is 0.199 e. The third kappa shape index (κ3) is 1.93. The Morgan fingerprint density at radius 1 is 1.22 bits per heavy atom. The van der Waals surface area contributed by atoms with Crippen LogP contribution in [-0.2, 0) is 11.2 Å². The second-order valence-corrected chi connectivity index (χ2v) is 4.98. The molecule has 0 aliphatic carbocycles. The first kappa shape index (κ1) is 11.4. The number of pyridine rings is 1. The Labute approximate surface area is 113 Å². The molecule has 2 heterocycles. The molecular formula is C14H10BrNO2. The van der Waals surface area contributed by atoms with Crippen LogP contribution in [0.5, 0.6) is 5.75 Å². The van der Waals surface area contributed by atoms with E-state index in [9.17, 15) is 4.79 Å². The number of Topliss-reactive ketones (excluding diaryl/α,β-unsaturated/α-hetero) is 1. The van der Waals surface area contributed by atoms with Gasteiger partial charge in [0.15, 0.2) is 11.9 Å². The van der Waals surface area contributed by atoms with Crippen LogP contribution in [0.15, 0.2) is 47.1 Å². The number of aromatic nitrogens is 1. The Hall–Kier alpha value is -1.68. The summed E-state index contributed by atoms with van der Waals surface area (Å²) in [6, 6.07) is 11.2. The molecule has 90 valence electrons. The lowest BCUT2D eigenvalue weighted by Crippen LogP contribution is -2.26. The molecule has 0 amide bonds. The second kappa shape index (κ2) is 4.53. The summed E-state index contributed by atoms with van der Waals surface area (Å²) >= 11 is 3.45. The van der Waals surface area contributed by atoms with Crippen LogP contribution in [0.1, 0.15) is 17.4 Å². The number of ketones is 1. The number of nitrogens with zero attached hydrogens (tertiary/aromatic N) is 1. The number of carbonyl (C=O) groups excluding carboxylic acids is 1. The largest absolute Gasteiger partial charge is 0.475 e. The van der Waals surface area contributed by atoms with Gasteiger partial charge in [-0.1, -0.05) is 18.2 Å². The minimum Gasteiger partial charge on any atom is -0.475 e. The molecule has 3 nitrogen and oxygen atoms in total. The highest BCUT2D eigenvalue weighted by Crippen LogP contribution is 2.37. The fraction of sp³-hybridized carbons (Fsp3) is 0.143. The highest BCUT2D eigenvalue weighted by atomic mass is 79.9. The molecule has 1 aromatic carbocycles. The minimum absolute atomic E-state index is 0.0410. The van der Waals surface area contributed by atoms with Crippen LogP contribution in [0.3, 0.4) is 0 Å². The van der Waals surface area contributed by atoms with Gasteiger partial charge < -0.3 is 4.74 Å². The zero-order valence-electron chi connectivity index (χ0n) is 9.47. The SMILES string of the molecule is O=C1Cc2cccc(Br)c2OC1c1ccccn1. The molecule has 2 aromatic rings. The third-order valence-corrected chi connectivity index (χ3v) is 3.52. The molecule has 0 saturated heterocycles. The Bertz CT molecular complexity index is 598. The van der Waals surface area contributed by atoms with Gasteiger partial charge in [0.2, 0.25) is 0 Å². The average molecular weight is 304 g/mol. The molecule has 0 bridgehead atoms. The Morgan fingerprint density at radius 3 is 2.89 bits per heavy atom. The lowest BCUT2D eigenvalue weighted by molar-refractivity contribution is -0.126. The first-order chi connectivity index (χ1) is 8.75. The van der Waals surface area contributed by atoms with E-state index in [0.717, 1.165) is 15.8 Å². The third-order valence-electron chi connectivity index (χ3n) is 2.90. The lowest BCUT2D eigenvalue weighted by atomic mass is 9.99. The van der Waals surface area contributed by atoms with Crippen molar-refractivity contribution in [3.63, 3.8) is 0 Å². The average Bonchev–Trinajstić information content (AvgIpc) is 2.39. The maximum atomic E-state index is 12.1. The molecule has 1 aliphatic heterocycles. The van der Waals surface area contributed by atoms with E-state index in [1.165, 1.54) is 0 Å². The Balaban J connectivity index is 2.02. The molecule has 0 radical (unpaired) electrons. The van der Waals surface area contributed by atoms with E-state index < -0.39 is 6.10 Å². The van der Waals surface area contributed by atoms with Crippen molar-refractivity contribution in [1.82, 2.24) is 4.98 Å². The number of rotatable bonds is 1. The van der Waals surface area contributed by atoms with Crippen LogP contribution in [0.4, 0.5) is 0 Å². The van der Waals surface area contributed by atoms with Crippen LogP contribution in [0.25, 0.3) is 0 Å². The molecule has 1 aliphatic rings. The fourth-order valence-corrected chi connectivity index (χ4v) is 2.55. The molecule has 0 N–H and O–H groups in total. The summed E-state index contributed by atoms with van der Waals surface area (Å²) in [6.45, 7) is 0. The van der Waals surface area contributed by atoms with Crippen molar-refractivity contribution in [2.24, 2.45) is 0 Å². The van der Waals surface area contributed by atoms with Crippen LogP contribution in [-0.4, -0.2) is 10.8 Å². The van der Waals surface area contributed by atoms with Gasteiger partial charge in [0, 0.05) is 18.2 Å². The van der Waals surface area contributed by atoms with Crippen molar-refractivity contribution >= 4 is 21.7 Å². The quantitative estimate of drug-likeness (QED) is 0.812. The number of carbonyl (C=O) groups is 1. The van der Waals surface area contributed by atoms with Crippen molar-refractivity contribution in [2.45, 2.75) is 12.5 Å². The number of benzene rings is 1. The van der Waals surface area contributed by atoms with Crippen LogP contribution in [0.2, 0.25) is 0 Å². The molecule has 1 atom stereocenters. The number of fused-ring (bicyclic) bond motifs is 1. The van der Waals surface area contributed by atoms with Gasteiger partial charge in [-0.3, -0.25) is 9.78 Å². The molecule has 1 unspecified atom stereocenters. The molecule has 1 aromatic heterocycles. The van der Waals surface area contributed by atoms with E-state index in [1.54, 1.807) is 6.20 Å². The van der Waals surface area contributed by atoms with Gasteiger partial charge in [-0.2, -0.15) is 0 Å². The molecule has 0 spiro atoms. The van der Waals surface area contributed by atoms with E-state index in [2.05, 4.69) is 20.9 Å². The summed E-state index contributed by atoms with van der Waals surface area (Å²) in [5, 5.41) is 0. The van der Waals surface area contributed by atoms with E-state index in [1.807, 2.05) is 36.4 Å². The first-order valence-corrected chi connectivity index (χ1v) is 6.42. The van der Waals surface area contributed by atoms with E-state index in [0.29, 0.717) is 12.1 Å². The fourth-order valence-electron chi connectivity index (χ4n) is 2.05. The number of hydrogen-bond donors (Lipinski definition) is 0. The lowest BCUT2D eigenvalue weighted by Gasteiger charge is -2.25. The summed E-state index contributed by atoms with van der Waals surface area (Å²) in [5.41, 5.74) is 1.57. The predicted molar refractivity (Wildman–Crippen MR) is 70.5 cm³/mol. The van der Waals surface area contributed by atoms with Gasteiger partial charge in [-0.15, -0.1) is 0 Å². The second-order valence-electron chi connectivity index (χ2n) is 4.12. The van der Waals surface area contributed by atoms with E-state index in [4.69, 9.17) is 4.74 Å². The highest BCUT2D eigenvalue weighted by molar-refractivity contribution is 9.10. The van der Waals surface area contributed by atoms with Gasteiger partial charge in [0.1, 0.15) is 5.75 Å². The Morgan fingerprint density at radius 2 is 2.11 bits per heavy atom. The zero-order chi connectivity index (χ0) is 12.5. The van der Waals surface area contributed by atoms with Gasteiger partial charge >= 0.3 is 0 Å². The monoisotopic (exact) mass is 303 g/mol. The standard InChI is InChI=1S/C14H10BrNO2/c15-10-5-3-4-9-8-12(17)14(18-13(9)10)11-6-1-2-7-16-11/h1-7,14H,8H2. The van der Waals surface area contributed by atoms with Crippen molar-refractivity contribution in [2.75, 3.05) is 0 Å². The number of para-hydroxylation sites is 1. The normalized spacial score (nSPS) is 18.1. The number of hydrogen-bond acceptors (Lipinski definition) is 3. The smallest absolute Gasteiger partial charge is 0.199 e. The van der Waals surface area contributed by atoms with Gasteiger partial charge in [0.25, 0.3) is 0 Å². The number of ether oxygens (including phenoxy) is 1. The summed E-state index contributed by atoms with van der Waals surface area (Å²) in [5.74, 6) is 0.784. The van der Waals surface area contributed by atoms with Crippen molar-refractivity contribution < 1.29 is 9.53 Å². The minimum atomic E-state index is -0.600. The molecule has 0 fully saturated rings. The summed E-state index contributed by atoms with van der Waals surface area (Å²) in [7, 11) is 0. The highest BCUT2D eigenvalue weighted by Gasteiger charge is 2.31. The van der Waals surface area contributed by atoms with Gasteiger partial charge in [0.05, 0.1) is 10.2 Å². The van der Waals surface area contributed by atoms with Crippen LogP contribution in [0, 0.1) is 0 Å². The van der Waals surface area contributed by atoms with Crippen LogP contribution >= 0.6 is 15.9 Å². The van der Waals surface area contributed by atoms with Crippen LogP contribution < -0.4 is 4.74 Å². The zero-order valence-corrected chi connectivity index (χ0v) is 11.1. The van der Waals surface area contributed by atoms with E-state index >= 15 is 0 Å². The summed E-state index contributed by atoms with van der Waals surface area (Å²) in [6.07, 6.45) is 1.45. The maximum absolute atomic E-state index is 12.1. The molecular weight excluding hydrogens is 294 g/mol. The molecule has 18 heavy (non-hydrogen) atoms.